The Balaban J connectivity index is 1.39. The van der Waals surface area contributed by atoms with E-state index in [1.165, 1.54) is 0 Å². The molecule has 0 saturated carbocycles. The standard InChI is InChI=1S/C22H19N3O2/c26-20(23-15-16-7-2-1-3-8-16)13-14-21-24-22(25-27-21)19-12-6-10-17-9-4-5-11-18(17)19/h1-12H,13-15H2,(H,23,26). The fraction of sp³-hybridized carbons (Fsp3) is 0.136. The molecule has 0 spiro atoms. The highest BCUT2D eigenvalue weighted by molar-refractivity contribution is 5.94. The number of aromatic nitrogens is 2. The minimum atomic E-state index is -0.0382. The number of benzene rings is 3. The van der Waals surface area contributed by atoms with E-state index in [9.17, 15) is 4.79 Å². The predicted octanol–water partition coefficient (Wildman–Crippen LogP) is 4.14. The van der Waals surface area contributed by atoms with Gasteiger partial charge in [-0.25, -0.2) is 0 Å². The van der Waals surface area contributed by atoms with E-state index in [-0.39, 0.29) is 5.91 Å². The molecule has 0 bridgehead atoms. The highest BCUT2D eigenvalue weighted by Crippen LogP contribution is 2.26. The summed E-state index contributed by atoms with van der Waals surface area (Å²) in [4.78, 5) is 16.5. The molecule has 4 aromatic rings. The summed E-state index contributed by atoms with van der Waals surface area (Å²) in [7, 11) is 0. The van der Waals surface area contributed by atoms with Gasteiger partial charge in [-0.3, -0.25) is 4.79 Å². The smallest absolute Gasteiger partial charge is 0.227 e. The van der Waals surface area contributed by atoms with Gasteiger partial charge in [-0.15, -0.1) is 0 Å². The molecule has 0 fully saturated rings. The maximum absolute atomic E-state index is 12.0. The summed E-state index contributed by atoms with van der Waals surface area (Å²) in [5.41, 5.74) is 2.00. The molecule has 5 nitrogen and oxygen atoms in total. The van der Waals surface area contributed by atoms with E-state index in [2.05, 4.69) is 27.6 Å². The van der Waals surface area contributed by atoms with Crippen LogP contribution in [0.4, 0.5) is 0 Å². The van der Waals surface area contributed by atoms with Crippen molar-refractivity contribution in [2.75, 3.05) is 0 Å². The van der Waals surface area contributed by atoms with Crippen LogP contribution in [0.1, 0.15) is 17.9 Å². The van der Waals surface area contributed by atoms with Gasteiger partial charge in [0.2, 0.25) is 17.6 Å². The van der Waals surface area contributed by atoms with Gasteiger partial charge >= 0.3 is 0 Å². The van der Waals surface area contributed by atoms with E-state index < -0.39 is 0 Å². The molecule has 4 rings (SSSR count). The van der Waals surface area contributed by atoms with Gasteiger partial charge in [0.15, 0.2) is 0 Å². The van der Waals surface area contributed by atoms with Crippen molar-refractivity contribution in [2.45, 2.75) is 19.4 Å². The Morgan fingerprint density at radius 2 is 1.70 bits per heavy atom. The molecular formula is C22H19N3O2. The maximum atomic E-state index is 12.0. The number of nitrogens with zero attached hydrogens (tertiary/aromatic N) is 2. The zero-order chi connectivity index (χ0) is 18.5. The summed E-state index contributed by atoms with van der Waals surface area (Å²) in [6.45, 7) is 0.519. The van der Waals surface area contributed by atoms with E-state index in [0.717, 1.165) is 21.9 Å². The summed E-state index contributed by atoms with van der Waals surface area (Å²) in [6.07, 6.45) is 0.725. The second-order valence-electron chi connectivity index (χ2n) is 6.30. The van der Waals surface area contributed by atoms with Gasteiger partial charge in [-0.05, 0) is 16.3 Å². The third-order valence-corrected chi connectivity index (χ3v) is 4.40. The summed E-state index contributed by atoms with van der Waals surface area (Å²) >= 11 is 0. The molecule has 0 saturated heterocycles. The molecule has 1 heterocycles. The van der Waals surface area contributed by atoms with Crippen molar-refractivity contribution in [2.24, 2.45) is 0 Å². The Bertz CT molecular complexity index is 1050. The van der Waals surface area contributed by atoms with Crippen LogP contribution in [0.3, 0.4) is 0 Å². The number of rotatable bonds is 6. The van der Waals surface area contributed by atoms with E-state index >= 15 is 0 Å². The third-order valence-electron chi connectivity index (χ3n) is 4.40. The van der Waals surface area contributed by atoms with Crippen LogP contribution in [0, 0.1) is 0 Å². The van der Waals surface area contributed by atoms with Crippen molar-refractivity contribution in [1.29, 1.82) is 0 Å². The van der Waals surface area contributed by atoms with Crippen molar-refractivity contribution in [3.8, 4) is 11.4 Å². The zero-order valence-corrected chi connectivity index (χ0v) is 14.8. The van der Waals surface area contributed by atoms with Gasteiger partial charge in [0.1, 0.15) is 0 Å². The molecule has 27 heavy (non-hydrogen) atoms. The maximum Gasteiger partial charge on any atom is 0.227 e. The topological polar surface area (TPSA) is 68.0 Å². The van der Waals surface area contributed by atoms with Gasteiger partial charge in [0.05, 0.1) is 0 Å². The molecule has 0 aliphatic carbocycles. The van der Waals surface area contributed by atoms with Crippen LogP contribution >= 0.6 is 0 Å². The summed E-state index contributed by atoms with van der Waals surface area (Å²) in [6, 6.07) is 23.9. The number of hydrogen-bond acceptors (Lipinski definition) is 4. The quantitative estimate of drug-likeness (QED) is 0.563. The Hall–Kier alpha value is -3.47. The van der Waals surface area contributed by atoms with Crippen molar-refractivity contribution < 1.29 is 9.32 Å². The van der Waals surface area contributed by atoms with Crippen LogP contribution in [0.2, 0.25) is 0 Å². The highest BCUT2D eigenvalue weighted by Gasteiger charge is 2.12. The lowest BCUT2D eigenvalue weighted by Crippen LogP contribution is -2.22. The van der Waals surface area contributed by atoms with Crippen molar-refractivity contribution in [3.05, 3.63) is 84.3 Å². The van der Waals surface area contributed by atoms with Gasteiger partial charge in [0.25, 0.3) is 0 Å². The van der Waals surface area contributed by atoms with Crippen molar-refractivity contribution in [3.63, 3.8) is 0 Å². The number of fused-ring (bicyclic) bond motifs is 1. The predicted molar refractivity (Wildman–Crippen MR) is 104 cm³/mol. The molecule has 134 valence electrons. The Labute approximate surface area is 157 Å². The Kier molecular flexibility index (Phi) is 4.92. The first-order valence-electron chi connectivity index (χ1n) is 8.91. The first-order valence-corrected chi connectivity index (χ1v) is 8.91. The number of hydrogen-bond donors (Lipinski definition) is 1. The van der Waals surface area contributed by atoms with Gasteiger partial charge < -0.3 is 9.84 Å². The molecule has 0 radical (unpaired) electrons. The summed E-state index contributed by atoms with van der Waals surface area (Å²) < 4.78 is 5.34. The number of amides is 1. The lowest BCUT2D eigenvalue weighted by Gasteiger charge is -2.03. The molecule has 5 heteroatoms. The van der Waals surface area contributed by atoms with Gasteiger partial charge in [0, 0.05) is 24.9 Å². The van der Waals surface area contributed by atoms with E-state index in [4.69, 9.17) is 4.52 Å². The highest BCUT2D eigenvalue weighted by atomic mass is 16.5. The van der Waals surface area contributed by atoms with Gasteiger partial charge in [-0.2, -0.15) is 4.98 Å². The van der Waals surface area contributed by atoms with Crippen LogP contribution in [-0.4, -0.2) is 16.0 Å². The first-order chi connectivity index (χ1) is 13.3. The normalized spacial score (nSPS) is 10.8. The van der Waals surface area contributed by atoms with E-state index in [1.807, 2.05) is 60.7 Å². The Morgan fingerprint density at radius 3 is 2.59 bits per heavy atom. The van der Waals surface area contributed by atoms with Gasteiger partial charge in [-0.1, -0.05) is 78.0 Å². The number of carbonyl (C=O) groups excluding carboxylic acids is 1. The largest absolute Gasteiger partial charge is 0.352 e. The summed E-state index contributed by atoms with van der Waals surface area (Å²) in [5.74, 6) is 0.975. The molecule has 1 N–H and O–H groups in total. The Morgan fingerprint density at radius 1 is 0.926 bits per heavy atom. The van der Waals surface area contributed by atoms with Crippen LogP contribution in [0.15, 0.2) is 77.3 Å². The van der Waals surface area contributed by atoms with Crippen LogP contribution in [0.5, 0.6) is 0 Å². The fourth-order valence-corrected chi connectivity index (χ4v) is 2.99. The van der Waals surface area contributed by atoms with Crippen LogP contribution < -0.4 is 5.32 Å². The average molecular weight is 357 g/mol. The average Bonchev–Trinajstić information content (AvgIpc) is 3.20. The number of nitrogens with one attached hydrogen (secondary N) is 1. The fourth-order valence-electron chi connectivity index (χ4n) is 2.99. The number of aryl methyl sites for hydroxylation is 1. The third kappa shape index (κ3) is 4.03. The van der Waals surface area contributed by atoms with E-state index in [0.29, 0.717) is 31.1 Å². The lowest BCUT2D eigenvalue weighted by atomic mass is 10.0. The second kappa shape index (κ2) is 7.83. The second-order valence-corrected chi connectivity index (χ2v) is 6.30. The lowest BCUT2D eigenvalue weighted by molar-refractivity contribution is -0.121. The molecule has 0 aliphatic rings. The zero-order valence-electron chi connectivity index (χ0n) is 14.8. The SMILES string of the molecule is O=C(CCc1nc(-c2cccc3ccccc23)no1)NCc1ccccc1. The summed E-state index contributed by atoms with van der Waals surface area (Å²) in [5, 5.41) is 9.20. The monoisotopic (exact) mass is 357 g/mol. The molecule has 1 amide bonds. The minimum absolute atomic E-state index is 0.0382. The molecule has 0 aliphatic heterocycles. The molecule has 0 atom stereocenters. The molecule has 0 unspecified atom stereocenters. The van der Waals surface area contributed by atoms with Crippen molar-refractivity contribution >= 4 is 16.7 Å². The molecule has 3 aromatic carbocycles. The van der Waals surface area contributed by atoms with Crippen LogP contribution in [-0.2, 0) is 17.8 Å². The number of carbonyl (C=O) groups is 1. The van der Waals surface area contributed by atoms with E-state index in [1.54, 1.807) is 0 Å². The minimum Gasteiger partial charge on any atom is -0.352 e. The first kappa shape index (κ1) is 17.0. The van der Waals surface area contributed by atoms with Crippen molar-refractivity contribution in [1.82, 2.24) is 15.5 Å². The molecule has 1 aromatic heterocycles. The molecular weight excluding hydrogens is 338 g/mol. The van der Waals surface area contributed by atoms with Crippen LogP contribution in [0.25, 0.3) is 22.2 Å².